The number of terminal acetylenes is 1. The van der Waals surface area contributed by atoms with Crippen LogP contribution in [0.5, 0.6) is 0 Å². The summed E-state index contributed by atoms with van der Waals surface area (Å²) in [6, 6.07) is 8.19. The van der Waals surface area contributed by atoms with Gasteiger partial charge in [-0.3, -0.25) is 19.7 Å². The van der Waals surface area contributed by atoms with E-state index in [-0.39, 0.29) is 6.42 Å². The minimum Gasteiger partial charge on any atom is -0.468 e. The van der Waals surface area contributed by atoms with Crippen molar-refractivity contribution in [1.82, 2.24) is 0 Å². The standard InChI is InChI=1S/C16H17NO6/c1-4-10-16(14(18)22-2,15(19)23-3)13(11-17(20)21)12-8-6-5-7-9-12/h1,5-9,13H,10-11H2,2-3H3/t13-/m0/s1. The fourth-order valence-corrected chi connectivity index (χ4v) is 2.54. The summed E-state index contributed by atoms with van der Waals surface area (Å²) in [6.07, 6.45) is 4.94. The molecule has 23 heavy (non-hydrogen) atoms. The van der Waals surface area contributed by atoms with E-state index >= 15 is 0 Å². The summed E-state index contributed by atoms with van der Waals surface area (Å²) in [6.45, 7) is -0.671. The molecule has 0 fully saturated rings. The van der Waals surface area contributed by atoms with E-state index < -0.39 is 34.7 Å². The highest BCUT2D eigenvalue weighted by Gasteiger charge is 2.56. The molecule has 0 aromatic heterocycles. The maximum Gasteiger partial charge on any atom is 0.325 e. The third kappa shape index (κ3) is 3.66. The number of carbonyl (C=O) groups is 2. The van der Waals surface area contributed by atoms with Crippen LogP contribution in [0.2, 0.25) is 0 Å². The van der Waals surface area contributed by atoms with Gasteiger partial charge in [0.2, 0.25) is 6.54 Å². The summed E-state index contributed by atoms with van der Waals surface area (Å²) in [5, 5.41) is 11.1. The third-order valence-corrected chi connectivity index (χ3v) is 3.61. The molecule has 0 amide bonds. The Labute approximate surface area is 133 Å². The summed E-state index contributed by atoms with van der Waals surface area (Å²) in [5.41, 5.74) is -1.55. The molecular weight excluding hydrogens is 302 g/mol. The number of nitro groups is 1. The van der Waals surface area contributed by atoms with Gasteiger partial charge in [-0.05, 0) is 5.56 Å². The Morgan fingerprint density at radius 2 is 1.78 bits per heavy atom. The van der Waals surface area contributed by atoms with Crippen LogP contribution in [-0.4, -0.2) is 37.6 Å². The Balaban J connectivity index is 3.60. The van der Waals surface area contributed by atoms with Crippen molar-refractivity contribution >= 4 is 11.9 Å². The van der Waals surface area contributed by atoms with Gasteiger partial charge in [0, 0.05) is 11.3 Å². The lowest BCUT2D eigenvalue weighted by molar-refractivity contribution is -0.485. The van der Waals surface area contributed by atoms with Gasteiger partial charge in [-0.25, -0.2) is 0 Å². The van der Waals surface area contributed by atoms with Crippen molar-refractivity contribution in [3.63, 3.8) is 0 Å². The fraction of sp³-hybridized carbons (Fsp3) is 0.375. The molecule has 0 heterocycles. The van der Waals surface area contributed by atoms with Crippen molar-refractivity contribution in [1.29, 1.82) is 0 Å². The predicted octanol–water partition coefficient (Wildman–Crippen LogP) is 1.40. The van der Waals surface area contributed by atoms with E-state index in [1.165, 1.54) is 0 Å². The van der Waals surface area contributed by atoms with E-state index in [2.05, 4.69) is 5.92 Å². The number of hydrogen-bond donors (Lipinski definition) is 0. The van der Waals surface area contributed by atoms with Gasteiger partial charge < -0.3 is 9.47 Å². The van der Waals surface area contributed by atoms with Crippen LogP contribution in [0.3, 0.4) is 0 Å². The first-order valence-electron chi connectivity index (χ1n) is 6.71. The van der Waals surface area contributed by atoms with Gasteiger partial charge in [0.15, 0.2) is 5.41 Å². The Kier molecular flexibility index (Phi) is 6.27. The lowest BCUT2D eigenvalue weighted by atomic mass is 9.69. The molecule has 7 nitrogen and oxygen atoms in total. The summed E-state index contributed by atoms with van der Waals surface area (Å²) in [5.74, 6) is -0.798. The molecule has 122 valence electrons. The maximum absolute atomic E-state index is 12.4. The van der Waals surface area contributed by atoms with Crippen LogP contribution in [-0.2, 0) is 19.1 Å². The average molecular weight is 319 g/mol. The summed E-state index contributed by atoms with van der Waals surface area (Å²) in [7, 11) is 2.18. The molecule has 0 aliphatic heterocycles. The number of carbonyl (C=O) groups excluding carboxylic acids is 2. The van der Waals surface area contributed by atoms with Crippen molar-refractivity contribution in [2.75, 3.05) is 20.8 Å². The van der Waals surface area contributed by atoms with Crippen LogP contribution in [0.4, 0.5) is 0 Å². The molecule has 0 saturated heterocycles. The number of rotatable bonds is 7. The summed E-state index contributed by atoms with van der Waals surface area (Å²) < 4.78 is 9.43. The van der Waals surface area contributed by atoms with E-state index in [1.807, 2.05) is 0 Å². The van der Waals surface area contributed by atoms with Gasteiger partial charge in [0.1, 0.15) is 0 Å². The van der Waals surface area contributed by atoms with Crippen molar-refractivity contribution < 1.29 is 24.0 Å². The predicted molar refractivity (Wildman–Crippen MR) is 81.0 cm³/mol. The van der Waals surface area contributed by atoms with Crippen molar-refractivity contribution in [2.24, 2.45) is 5.41 Å². The second-order valence-corrected chi connectivity index (χ2v) is 4.81. The molecule has 0 spiro atoms. The van der Waals surface area contributed by atoms with E-state index in [9.17, 15) is 19.7 Å². The van der Waals surface area contributed by atoms with Crippen molar-refractivity contribution in [2.45, 2.75) is 12.3 Å². The molecule has 1 rings (SSSR count). The lowest BCUT2D eigenvalue weighted by Gasteiger charge is -2.32. The normalized spacial score (nSPS) is 11.9. The largest absolute Gasteiger partial charge is 0.468 e. The first-order chi connectivity index (χ1) is 10.9. The Hall–Kier alpha value is -2.88. The first-order valence-corrected chi connectivity index (χ1v) is 6.71. The van der Waals surface area contributed by atoms with Gasteiger partial charge in [0.05, 0.1) is 20.1 Å². The van der Waals surface area contributed by atoms with Crippen LogP contribution in [0.25, 0.3) is 0 Å². The summed E-state index contributed by atoms with van der Waals surface area (Å²) >= 11 is 0. The molecule has 1 aromatic rings. The molecule has 0 N–H and O–H groups in total. The lowest BCUT2D eigenvalue weighted by Crippen LogP contribution is -2.48. The SMILES string of the molecule is C#CCC(C(=O)OC)(C(=O)OC)[C@@H](C[N+](=O)[O-])c1ccccc1. The Bertz CT molecular complexity index is 603. The van der Waals surface area contributed by atoms with Gasteiger partial charge >= 0.3 is 11.9 Å². The van der Waals surface area contributed by atoms with Crippen LogP contribution >= 0.6 is 0 Å². The molecule has 1 atom stereocenters. The molecule has 0 unspecified atom stereocenters. The zero-order chi connectivity index (χ0) is 17.5. The van der Waals surface area contributed by atoms with Crippen LogP contribution in [0.1, 0.15) is 17.9 Å². The minimum atomic E-state index is -1.98. The average Bonchev–Trinajstić information content (AvgIpc) is 2.57. The van der Waals surface area contributed by atoms with Gasteiger partial charge in [0.25, 0.3) is 0 Å². The number of nitrogens with zero attached hydrogens (tertiary/aromatic N) is 1. The number of benzene rings is 1. The number of esters is 2. The minimum absolute atomic E-state index is 0.375. The van der Waals surface area contributed by atoms with Gasteiger partial charge in [-0.2, -0.15) is 0 Å². The van der Waals surface area contributed by atoms with Crippen LogP contribution in [0, 0.1) is 27.9 Å². The van der Waals surface area contributed by atoms with E-state index in [0.29, 0.717) is 5.56 Å². The summed E-state index contributed by atoms with van der Waals surface area (Å²) in [4.78, 5) is 35.3. The van der Waals surface area contributed by atoms with E-state index in [1.54, 1.807) is 30.3 Å². The molecule has 0 saturated carbocycles. The zero-order valence-corrected chi connectivity index (χ0v) is 12.9. The highest BCUT2D eigenvalue weighted by atomic mass is 16.6. The second kappa shape index (κ2) is 7.94. The molecule has 0 radical (unpaired) electrons. The zero-order valence-electron chi connectivity index (χ0n) is 12.9. The quantitative estimate of drug-likeness (QED) is 0.248. The van der Waals surface area contributed by atoms with E-state index in [0.717, 1.165) is 14.2 Å². The molecule has 0 bridgehead atoms. The first kappa shape index (κ1) is 18.2. The van der Waals surface area contributed by atoms with Gasteiger partial charge in [-0.15, -0.1) is 12.3 Å². The second-order valence-electron chi connectivity index (χ2n) is 4.81. The fourth-order valence-electron chi connectivity index (χ4n) is 2.54. The number of ether oxygens (including phenoxy) is 2. The topological polar surface area (TPSA) is 95.7 Å². The highest BCUT2D eigenvalue weighted by Crippen LogP contribution is 2.41. The number of hydrogen-bond acceptors (Lipinski definition) is 6. The third-order valence-electron chi connectivity index (χ3n) is 3.61. The van der Waals surface area contributed by atoms with E-state index in [4.69, 9.17) is 15.9 Å². The number of methoxy groups -OCH3 is 2. The molecule has 7 heteroatoms. The molecule has 1 aromatic carbocycles. The van der Waals surface area contributed by atoms with Gasteiger partial charge in [-0.1, -0.05) is 30.3 Å². The van der Waals surface area contributed by atoms with Crippen LogP contribution in [0.15, 0.2) is 30.3 Å². The highest BCUT2D eigenvalue weighted by molar-refractivity contribution is 6.01. The monoisotopic (exact) mass is 319 g/mol. The van der Waals surface area contributed by atoms with Crippen molar-refractivity contribution in [3.05, 3.63) is 46.0 Å². The Morgan fingerprint density at radius 1 is 1.26 bits per heavy atom. The smallest absolute Gasteiger partial charge is 0.325 e. The van der Waals surface area contributed by atoms with Crippen molar-refractivity contribution in [3.8, 4) is 12.3 Å². The molecular formula is C16H17NO6. The Morgan fingerprint density at radius 3 is 2.17 bits per heavy atom. The maximum atomic E-state index is 12.4. The van der Waals surface area contributed by atoms with Crippen LogP contribution < -0.4 is 0 Å². The molecule has 0 aliphatic carbocycles. The molecule has 0 aliphatic rings.